The first-order valence-corrected chi connectivity index (χ1v) is 6.03. The van der Waals surface area contributed by atoms with Gasteiger partial charge < -0.3 is 10.5 Å². The molecule has 0 atom stereocenters. The van der Waals surface area contributed by atoms with Crippen LogP contribution in [-0.4, -0.2) is 9.97 Å². The van der Waals surface area contributed by atoms with Gasteiger partial charge in [-0.05, 0) is 23.8 Å². The van der Waals surface area contributed by atoms with Crippen LogP contribution in [0.15, 0.2) is 54.9 Å². The summed E-state index contributed by atoms with van der Waals surface area (Å²) >= 11 is 0. The van der Waals surface area contributed by atoms with E-state index < -0.39 is 0 Å². The zero-order chi connectivity index (χ0) is 13.1. The van der Waals surface area contributed by atoms with Crippen LogP contribution in [0.4, 0.5) is 0 Å². The van der Waals surface area contributed by atoms with Crippen molar-refractivity contribution in [3.8, 4) is 11.6 Å². The van der Waals surface area contributed by atoms with E-state index in [4.69, 9.17) is 10.5 Å². The normalized spacial score (nSPS) is 10.6. The second-order valence-corrected chi connectivity index (χ2v) is 4.14. The first kappa shape index (κ1) is 11.6. The number of nitrogens with two attached hydrogens (primary N) is 1. The van der Waals surface area contributed by atoms with E-state index in [9.17, 15) is 0 Å². The van der Waals surface area contributed by atoms with Gasteiger partial charge in [-0.3, -0.25) is 4.98 Å². The van der Waals surface area contributed by atoms with Crippen molar-refractivity contribution < 1.29 is 4.74 Å². The van der Waals surface area contributed by atoms with E-state index in [2.05, 4.69) is 9.97 Å². The highest BCUT2D eigenvalue weighted by atomic mass is 16.5. The molecular formula is C15H13N3O. The molecule has 0 aliphatic rings. The van der Waals surface area contributed by atoms with Crippen LogP contribution in [0.2, 0.25) is 0 Å². The molecule has 1 aromatic carbocycles. The number of fused-ring (bicyclic) bond motifs is 1. The molecule has 2 aromatic heterocycles. The molecule has 0 spiro atoms. The van der Waals surface area contributed by atoms with Crippen LogP contribution >= 0.6 is 0 Å². The Morgan fingerprint density at radius 2 is 1.89 bits per heavy atom. The summed E-state index contributed by atoms with van der Waals surface area (Å²) in [5.41, 5.74) is 7.42. The molecule has 0 fully saturated rings. The summed E-state index contributed by atoms with van der Waals surface area (Å²) in [4.78, 5) is 8.53. The fourth-order valence-electron chi connectivity index (χ4n) is 1.90. The number of rotatable bonds is 3. The van der Waals surface area contributed by atoms with Gasteiger partial charge in [-0.15, -0.1) is 0 Å². The van der Waals surface area contributed by atoms with Gasteiger partial charge in [-0.25, -0.2) is 4.98 Å². The van der Waals surface area contributed by atoms with E-state index in [-0.39, 0.29) is 0 Å². The predicted molar refractivity (Wildman–Crippen MR) is 73.9 cm³/mol. The average Bonchev–Trinajstić information content (AvgIpc) is 2.48. The van der Waals surface area contributed by atoms with E-state index in [1.54, 1.807) is 12.4 Å². The van der Waals surface area contributed by atoms with Crippen LogP contribution in [0.25, 0.3) is 10.9 Å². The second kappa shape index (κ2) is 5.04. The maximum atomic E-state index is 5.80. The second-order valence-electron chi connectivity index (χ2n) is 4.14. The lowest BCUT2D eigenvalue weighted by Crippen LogP contribution is -1.97. The van der Waals surface area contributed by atoms with Crippen molar-refractivity contribution in [2.45, 2.75) is 6.54 Å². The monoisotopic (exact) mass is 251 g/mol. The summed E-state index contributed by atoms with van der Waals surface area (Å²) in [6.45, 7) is 0.465. The van der Waals surface area contributed by atoms with E-state index in [1.807, 2.05) is 42.5 Å². The molecule has 3 rings (SSSR count). The van der Waals surface area contributed by atoms with Gasteiger partial charge in [0.05, 0.1) is 0 Å². The molecule has 2 N–H and O–H groups in total. The third kappa shape index (κ3) is 2.39. The van der Waals surface area contributed by atoms with Crippen LogP contribution < -0.4 is 10.5 Å². The van der Waals surface area contributed by atoms with Crippen LogP contribution in [0.1, 0.15) is 5.56 Å². The summed E-state index contributed by atoms with van der Waals surface area (Å²) in [6.07, 6.45) is 3.44. The van der Waals surface area contributed by atoms with Crippen molar-refractivity contribution in [1.82, 2.24) is 9.97 Å². The molecule has 0 radical (unpaired) electrons. The molecule has 0 aliphatic carbocycles. The quantitative estimate of drug-likeness (QED) is 0.777. The first-order valence-electron chi connectivity index (χ1n) is 6.03. The Labute approximate surface area is 110 Å². The Bertz CT molecular complexity index is 707. The molecule has 2 heterocycles. The molecule has 94 valence electrons. The van der Waals surface area contributed by atoms with Crippen LogP contribution in [0.3, 0.4) is 0 Å². The number of nitrogens with zero attached hydrogens (tertiary/aromatic N) is 2. The maximum absolute atomic E-state index is 5.80. The minimum atomic E-state index is 0.465. The highest BCUT2D eigenvalue weighted by Gasteiger charge is 2.05. The lowest BCUT2D eigenvalue weighted by atomic mass is 10.2. The molecule has 0 bridgehead atoms. The number of aromatic nitrogens is 2. The lowest BCUT2D eigenvalue weighted by Gasteiger charge is -2.08. The standard InChI is InChI=1S/C15H13N3O/c16-10-11-6-8-17-14(9-11)19-13-5-1-3-12-4-2-7-18-15(12)13/h1-9H,10,16H2. The molecule has 4 heteroatoms. The molecule has 0 aliphatic heterocycles. The van der Waals surface area contributed by atoms with Crippen molar-refractivity contribution in [3.63, 3.8) is 0 Å². The Balaban J connectivity index is 2.01. The zero-order valence-corrected chi connectivity index (χ0v) is 10.3. The molecule has 0 unspecified atom stereocenters. The largest absolute Gasteiger partial charge is 0.437 e. The predicted octanol–water partition coefficient (Wildman–Crippen LogP) is 2.88. The average molecular weight is 251 g/mol. The molecule has 0 amide bonds. The zero-order valence-electron chi connectivity index (χ0n) is 10.3. The van der Waals surface area contributed by atoms with Gasteiger partial charge in [-0.1, -0.05) is 18.2 Å². The molecule has 0 saturated carbocycles. The molecule has 19 heavy (non-hydrogen) atoms. The minimum Gasteiger partial charge on any atom is -0.437 e. The SMILES string of the molecule is NCc1ccnc(Oc2cccc3cccnc23)c1. The fourth-order valence-corrected chi connectivity index (χ4v) is 1.90. The minimum absolute atomic E-state index is 0.465. The molecular weight excluding hydrogens is 238 g/mol. The summed E-state index contributed by atoms with van der Waals surface area (Å²) in [6, 6.07) is 13.4. The Hall–Kier alpha value is -2.46. The highest BCUT2D eigenvalue weighted by Crippen LogP contribution is 2.27. The van der Waals surface area contributed by atoms with Gasteiger partial charge in [-0.2, -0.15) is 0 Å². The molecule has 3 aromatic rings. The third-order valence-electron chi connectivity index (χ3n) is 2.85. The topological polar surface area (TPSA) is 61.0 Å². The number of hydrogen-bond donors (Lipinski definition) is 1. The van der Waals surface area contributed by atoms with E-state index in [1.165, 1.54) is 0 Å². The van der Waals surface area contributed by atoms with Gasteiger partial charge in [0.2, 0.25) is 5.88 Å². The van der Waals surface area contributed by atoms with Gasteiger partial charge in [0.25, 0.3) is 0 Å². The van der Waals surface area contributed by atoms with Crippen molar-refractivity contribution in [3.05, 3.63) is 60.4 Å². The summed E-state index contributed by atoms with van der Waals surface area (Å²) in [5, 5.41) is 1.04. The van der Waals surface area contributed by atoms with Crippen LogP contribution in [0, 0.1) is 0 Å². The smallest absolute Gasteiger partial charge is 0.219 e. The first-order chi connectivity index (χ1) is 9.36. The van der Waals surface area contributed by atoms with Crippen molar-refractivity contribution in [2.24, 2.45) is 5.73 Å². The summed E-state index contributed by atoms with van der Waals surface area (Å²) < 4.78 is 5.80. The van der Waals surface area contributed by atoms with E-state index >= 15 is 0 Å². The Kier molecular flexibility index (Phi) is 3.08. The van der Waals surface area contributed by atoms with Crippen molar-refractivity contribution >= 4 is 10.9 Å². The number of ether oxygens (including phenoxy) is 1. The number of hydrogen-bond acceptors (Lipinski definition) is 4. The van der Waals surface area contributed by atoms with Gasteiger partial charge >= 0.3 is 0 Å². The van der Waals surface area contributed by atoms with Crippen molar-refractivity contribution in [2.75, 3.05) is 0 Å². The number of pyridine rings is 2. The fraction of sp³-hybridized carbons (Fsp3) is 0.0667. The molecule has 0 saturated heterocycles. The van der Waals surface area contributed by atoms with Gasteiger partial charge in [0, 0.05) is 30.4 Å². The van der Waals surface area contributed by atoms with Gasteiger partial charge in [0.1, 0.15) is 5.52 Å². The van der Waals surface area contributed by atoms with Crippen LogP contribution in [0.5, 0.6) is 11.6 Å². The molecule has 4 nitrogen and oxygen atoms in total. The lowest BCUT2D eigenvalue weighted by molar-refractivity contribution is 0.466. The Morgan fingerprint density at radius 1 is 1.00 bits per heavy atom. The van der Waals surface area contributed by atoms with Crippen LogP contribution in [-0.2, 0) is 6.54 Å². The van der Waals surface area contributed by atoms with Crippen molar-refractivity contribution in [1.29, 1.82) is 0 Å². The number of para-hydroxylation sites is 1. The summed E-state index contributed by atoms with van der Waals surface area (Å²) in [5.74, 6) is 1.22. The number of benzene rings is 1. The maximum Gasteiger partial charge on any atom is 0.219 e. The Morgan fingerprint density at radius 3 is 2.79 bits per heavy atom. The van der Waals surface area contributed by atoms with E-state index in [0.29, 0.717) is 18.2 Å². The van der Waals surface area contributed by atoms with Gasteiger partial charge in [0.15, 0.2) is 5.75 Å². The van der Waals surface area contributed by atoms with E-state index in [0.717, 1.165) is 16.5 Å². The summed E-state index contributed by atoms with van der Waals surface area (Å²) in [7, 11) is 0. The third-order valence-corrected chi connectivity index (χ3v) is 2.85. The highest BCUT2D eigenvalue weighted by molar-refractivity contribution is 5.84.